The Labute approximate surface area is 179 Å². The molecule has 0 radical (unpaired) electrons. The van der Waals surface area contributed by atoms with E-state index in [9.17, 15) is 14.7 Å². The van der Waals surface area contributed by atoms with E-state index in [2.05, 4.69) is 10.6 Å². The van der Waals surface area contributed by atoms with Crippen LogP contribution in [0, 0.1) is 0 Å². The SMILES string of the molecule is COc1ccc2c(c1)SC(C(=O)Nc1scc(-c3ccc(Cl)cc3)c1C(=O)O)N2. The molecule has 2 aromatic carbocycles. The zero-order valence-corrected chi connectivity index (χ0v) is 17.5. The first-order valence-electron chi connectivity index (χ1n) is 8.49. The molecule has 1 aromatic heterocycles. The quantitative estimate of drug-likeness (QED) is 0.495. The molecule has 148 valence electrons. The molecule has 0 saturated heterocycles. The zero-order chi connectivity index (χ0) is 20.5. The lowest BCUT2D eigenvalue weighted by atomic mass is 10.0. The lowest BCUT2D eigenvalue weighted by Crippen LogP contribution is -2.29. The van der Waals surface area contributed by atoms with E-state index >= 15 is 0 Å². The maximum Gasteiger partial charge on any atom is 0.339 e. The van der Waals surface area contributed by atoms with Gasteiger partial charge in [-0.1, -0.05) is 35.5 Å². The van der Waals surface area contributed by atoms with Crippen molar-refractivity contribution in [1.82, 2.24) is 0 Å². The fourth-order valence-electron chi connectivity index (χ4n) is 2.94. The summed E-state index contributed by atoms with van der Waals surface area (Å²) in [5, 5.41) is 17.6. The van der Waals surface area contributed by atoms with Crippen LogP contribution in [0.4, 0.5) is 10.7 Å². The maximum atomic E-state index is 12.8. The number of thioether (sulfide) groups is 1. The third-order valence-corrected chi connectivity index (χ3v) is 6.66. The minimum atomic E-state index is -1.11. The number of hydrogen-bond donors (Lipinski definition) is 3. The lowest BCUT2D eigenvalue weighted by Gasteiger charge is -2.11. The number of ether oxygens (including phenoxy) is 1. The molecule has 1 aliphatic rings. The van der Waals surface area contributed by atoms with Crippen LogP contribution in [0.2, 0.25) is 5.02 Å². The molecule has 0 fully saturated rings. The summed E-state index contributed by atoms with van der Waals surface area (Å²) in [6, 6.07) is 12.4. The molecule has 4 rings (SSSR count). The smallest absolute Gasteiger partial charge is 0.339 e. The van der Waals surface area contributed by atoms with Gasteiger partial charge in [0.15, 0.2) is 5.37 Å². The number of halogens is 1. The summed E-state index contributed by atoms with van der Waals surface area (Å²) >= 11 is 8.45. The van der Waals surface area contributed by atoms with Crippen LogP contribution in [-0.2, 0) is 4.79 Å². The van der Waals surface area contributed by atoms with Gasteiger partial charge < -0.3 is 20.5 Å². The normalized spacial score (nSPS) is 14.8. The second-order valence-corrected chi connectivity index (χ2v) is 8.62. The van der Waals surface area contributed by atoms with Gasteiger partial charge in [0.25, 0.3) is 5.91 Å². The van der Waals surface area contributed by atoms with Gasteiger partial charge in [-0.15, -0.1) is 11.3 Å². The fourth-order valence-corrected chi connectivity index (χ4v) is 5.08. The number of hydrogen-bond acceptors (Lipinski definition) is 6. The average Bonchev–Trinajstić information content (AvgIpc) is 3.32. The van der Waals surface area contributed by atoms with Crippen molar-refractivity contribution in [3.05, 3.63) is 58.4 Å². The summed E-state index contributed by atoms with van der Waals surface area (Å²) in [4.78, 5) is 25.6. The van der Waals surface area contributed by atoms with Crippen LogP contribution < -0.4 is 15.4 Å². The number of carbonyl (C=O) groups excluding carboxylic acids is 1. The molecule has 6 nitrogen and oxygen atoms in total. The van der Waals surface area contributed by atoms with Crippen molar-refractivity contribution in [2.24, 2.45) is 0 Å². The third-order valence-electron chi connectivity index (χ3n) is 4.36. The average molecular weight is 447 g/mol. The predicted octanol–water partition coefficient (Wildman–Crippen LogP) is 5.26. The van der Waals surface area contributed by atoms with Crippen molar-refractivity contribution < 1.29 is 19.4 Å². The molecule has 1 unspecified atom stereocenters. The molecule has 1 aliphatic heterocycles. The van der Waals surface area contributed by atoms with Crippen molar-refractivity contribution in [2.45, 2.75) is 10.3 Å². The van der Waals surface area contributed by atoms with E-state index in [1.54, 1.807) is 36.8 Å². The first-order valence-corrected chi connectivity index (χ1v) is 10.6. The highest BCUT2D eigenvalue weighted by Gasteiger charge is 2.30. The van der Waals surface area contributed by atoms with E-state index in [4.69, 9.17) is 16.3 Å². The molecule has 0 saturated carbocycles. The van der Waals surface area contributed by atoms with Crippen molar-refractivity contribution in [1.29, 1.82) is 0 Å². The molecule has 1 amide bonds. The minimum absolute atomic E-state index is 0.0628. The van der Waals surface area contributed by atoms with Crippen LogP contribution >= 0.6 is 34.7 Å². The fraction of sp³-hybridized carbons (Fsp3) is 0.100. The Bertz CT molecular complexity index is 1100. The third kappa shape index (κ3) is 3.91. The molecule has 1 atom stereocenters. The van der Waals surface area contributed by atoms with Gasteiger partial charge in [0, 0.05) is 26.5 Å². The van der Waals surface area contributed by atoms with Gasteiger partial charge >= 0.3 is 5.97 Å². The molecule has 29 heavy (non-hydrogen) atoms. The van der Waals surface area contributed by atoms with E-state index in [1.807, 2.05) is 18.2 Å². The first kappa shape index (κ1) is 19.6. The molecular weight excluding hydrogens is 432 g/mol. The zero-order valence-electron chi connectivity index (χ0n) is 15.1. The van der Waals surface area contributed by atoms with E-state index < -0.39 is 11.3 Å². The van der Waals surface area contributed by atoms with E-state index in [-0.39, 0.29) is 11.5 Å². The van der Waals surface area contributed by atoms with E-state index in [1.165, 1.54) is 23.1 Å². The Hall–Kier alpha value is -2.68. The molecule has 0 spiro atoms. The van der Waals surface area contributed by atoms with Crippen LogP contribution in [0.1, 0.15) is 10.4 Å². The van der Waals surface area contributed by atoms with Crippen LogP contribution in [0.15, 0.2) is 52.7 Å². The summed E-state index contributed by atoms with van der Waals surface area (Å²) in [5.41, 5.74) is 2.15. The van der Waals surface area contributed by atoms with Gasteiger partial charge in [-0.2, -0.15) is 0 Å². The Balaban J connectivity index is 1.56. The first-order chi connectivity index (χ1) is 14.0. The standard InChI is InChI=1S/C20H15ClN2O4S2/c1-27-12-6-7-14-15(8-12)29-19(22-14)17(24)23-18-16(20(25)26)13(9-28-18)10-2-4-11(21)5-3-10/h2-9,19,22H,1H3,(H,23,24)(H,25,26). The van der Waals surface area contributed by atoms with Crippen molar-refractivity contribution in [2.75, 3.05) is 17.7 Å². The Kier molecular flexibility index (Phi) is 5.40. The van der Waals surface area contributed by atoms with Gasteiger partial charge in [0.2, 0.25) is 0 Å². The highest BCUT2D eigenvalue weighted by molar-refractivity contribution is 8.01. The van der Waals surface area contributed by atoms with Crippen molar-refractivity contribution >= 4 is 57.3 Å². The number of carbonyl (C=O) groups is 2. The topological polar surface area (TPSA) is 87.7 Å². The van der Waals surface area contributed by atoms with Crippen molar-refractivity contribution in [3.8, 4) is 16.9 Å². The summed E-state index contributed by atoms with van der Waals surface area (Å²) in [7, 11) is 1.58. The maximum absolute atomic E-state index is 12.8. The van der Waals surface area contributed by atoms with Crippen LogP contribution in [0.5, 0.6) is 5.75 Å². The number of amides is 1. The molecule has 0 bridgehead atoms. The Morgan fingerprint density at radius 1 is 1.21 bits per heavy atom. The Morgan fingerprint density at radius 3 is 2.66 bits per heavy atom. The molecule has 9 heteroatoms. The van der Waals surface area contributed by atoms with Gasteiger partial charge in [0.05, 0.1) is 7.11 Å². The highest BCUT2D eigenvalue weighted by Crippen LogP contribution is 2.42. The summed E-state index contributed by atoms with van der Waals surface area (Å²) in [6.45, 7) is 0. The van der Waals surface area contributed by atoms with E-state index in [0.717, 1.165) is 16.1 Å². The van der Waals surface area contributed by atoms with Gasteiger partial charge in [-0.3, -0.25) is 4.79 Å². The number of rotatable bonds is 5. The number of thiophene rings is 1. The summed E-state index contributed by atoms with van der Waals surface area (Å²) in [5.74, 6) is -0.720. The number of fused-ring (bicyclic) bond motifs is 1. The number of carboxylic acid groups (broad SMARTS) is 1. The number of anilines is 2. The van der Waals surface area contributed by atoms with Crippen LogP contribution in [-0.4, -0.2) is 29.5 Å². The highest BCUT2D eigenvalue weighted by atomic mass is 35.5. The minimum Gasteiger partial charge on any atom is -0.497 e. The van der Waals surface area contributed by atoms with E-state index in [0.29, 0.717) is 21.3 Å². The van der Waals surface area contributed by atoms with Crippen LogP contribution in [0.3, 0.4) is 0 Å². The Morgan fingerprint density at radius 2 is 1.97 bits per heavy atom. The predicted molar refractivity (Wildman–Crippen MR) is 117 cm³/mol. The van der Waals surface area contributed by atoms with Gasteiger partial charge in [0.1, 0.15) is 16.3 Å². The summed E-state index contributed by atoms with van der Waals surface area (Å²) < 4.78 is 5.21. The van der Waals surface area contributed by atoms with Gasteiger partial charge in [-0.05, 0) is 35.9 Å². The molecule has 0 aliphatic carbocycles. The van der Waals surface area contributed by atoms with Crippen LogP contribution in [0.25, 0.3) is 11.1 Å². The second kappa shape index (κ2) is 7.98. The monoisotopic (exact) mass is 446 g/mol. The largest absolute Gasteiger partial charge is 0.497 e. The molecule has 2 heterocycles. The van der Waals surface area contributed by atoms with Gasteiger partial charge in [-0.25, -0.2) is 4.79 Å². The number of aromatic carboxylic acids is 1. The number of methoxy groups -OCH3 is 1. The second-order valence-electron chi connectivity index (χ2n) is 6.16. The number of benzene rings is 2. The number of carboxylic acids is 1. The lowest BCUT2D eigenvalue weighted by molar-refractivity contribution is -0.115. The molecule has 3 aromatic rings. The molecular formula is C20H15ClN2O4S2. The number of nitrogens with one attached hydrogen (secondary N) is 2. The summed E-state index contributed by atoms with van der Waals surface area (Å²) in [6.07, 6.45) is 0. The molecule has 3 N–H and O–H groups in total. The van der Waals surface area contributed by atoms with Crippen molar-refractivity contribution in [3.63, 3.8) is 0 Å².